The fourth-order valence-electron chi connectivity index (χ4n) is 2.32. The summed E-state index contributed by atoms with van der Waals surface area (Å²) in [5.74, 6) is -1.39. The number of carbonyl (C=O) groups is 2. The van der Waals surface area contributed by atoms with Crippen molar-refractivity contribution >= 4 is 11.9 Å². The fourth-order valence-corrected chi connectivity index (χ4v) is 2.32. The van der Waals surface area contributed by atoms with E-state index in [1.165, 1.54) is 4.90 Å². The number of nitrogens with zero attached hydrogens (tertiary/aromatic N) is 1. The normalized spacial score (nSPS) is 30.8. The number of rotatable bonds is 2. The molecule has 0 aliphatic carbocycles. The van der Waals surface area contributed by atoms with E-state index in [1.807, 2.05) is 6.92 Å². The number of hydrogen-bond donors (Lipinski definition) is 2. The Morgan fingerprint density at radius 3 is 2.69 bits per heavy atom. The molecule has 1 amide bonds. The number of aliphatic carboxylic acids is 1. The van der Waals surface area contributed by atoms with Gasteiger partial charge in [0.15, 0.2) is 0 Å². The molecule has 86 valence electrons. The predicted octanol–water partition coefficient (Wildman–Crippen LogP) is 0.124. The molecule has 0 aromatic rings. The van der Waals surface area contributed by atoms with Crippen LogP contribution in [-0.2, 0) is 9.59 Å². The highest BCUT2D eigenvalue weighted by Crippen LogP contribution is 2.42. The average molecular weight is 223 g/mol. The zero-order valence-electron chi connectivity index (χ0n) is 9.10. The Labute approximate surface area is 92.7 Å². The van der Waals surface area contributed by atoms with Gasteiger partial charge in [-0.2, -0.15) is 0 Å². The van der Waals surface area contributed by atoms with Crippen molar-refractivity contribution in [2.75, 3.05) is 6.61 Å². The molecular weight excluding hydrogens is 210 g/mol. The van der Waals surface area contributed by atoms with E-state index in [4.69, 9.17) is 10.2 Å². The van der Waals surface area contributed by atoms with Gasteiger partial charge in [-0.25, -0.2) is 4.79 Å². The SMILES string of the molecule is C/C(CO)=C1\C(=O)N2C(C(=O)O)=C[C@H](C)[C@@H]12. The van der Waals surface area contributed by atoms with Crippen molar-refractivity contribution in [3.05, 3.63) is 22.9 Å². The third-order valence-electron chi connectivity index (χ3n) is 3.12. The first kappa shape index (κ1) is 10.9. The van der Waals surface area contributed by atoms with E-state index < -0.39 is 5.97 Å². The van der Waals surface area contributed by atoms with Crippen molar-refractivity contribution in [2.45, 2.75) is 19.9 Å². The summed E-state index contributed by atoms with van der Waals surface area (Å²) in [6.07, 6.45) is 1.59. The molecule has 2 heterocycles. The second-order valence-electron chi connectivity index (χ2n) is 4.19. The van der Waals surface area contributed by atoms with Crippen LogP contribution in [0.15, 0.2) is 22.9 Å². The summed E-state index contributed by atoms with van der Waals surface area (Å²) in [6.45, 7) is 3.39. The lowest BCUT2D eigenvalue weighted by Gasteiger charge is -2.41. The molecule has 2 rings (SSSR count). The number of carboxylic acid groups (broad SMARTS) is 1. The highest BCUT2D eigenvalue weighted by Gasteiger charge is 2.52. The molecule has 2 N–H and O–H groups in total. The largest absolute Gasteiger partial charge is 0.477 e. The number of amides is 1. The summed E-state index contributed by atoms with van der Waals surface area (Å²) in [6, 6.07) is -0.203. The number of carboxylic acids is 1. The lowest BCUT2D eigenvalue weighted by atomic mass is 9.85. The van der Waals surface area contributed by atoms with Crippen LogP contribution in [0.5, 0.6) is 0 Å². The van der Waals surface area contributed by atoms with Gasteiger partial charge < -0.3 is 10.2 Å². The standard InChI is InChI=1S/C11H13NO4/c1-5-3-7(11(15)16)12-9(5)8(10(12)14)6(2)4-13/h3,5,9,13H,4H2,1-2H3,(H,15,16)/b8-6+/t5-,9-/m0/s1. The van der Waals surface area contributed by atoms with Crippen LogP contribution in [0.3, 0.4) is 0 Å². The second-order valence-corrected chi connectivity index (χ2v) is 4.19. The molecule has 0 radical (unpaired) electrons. The Kier molecular flexibility index (Phi) is 2.35. The lowest BCUT2D eigenvalue weighted by molar-refractivity contribution is -0.142. The molecule has 5 nitrogen and oxygen atoms in total. The van der Waals surface area contributed by atoms with E-state index in [0.717, 1.165) is 0 Å². The molecular formula is C11H13NO4. The average Bonchev–Trinajstić information content (AvgIpc) is 2.52. The maximum Gasteiger partial charge on any atom is 0.352 e. The van der Waals surface area contributed by atoms with Crippen LogP contribution in [0.4, 0.5) is 0 Å². The van der Waals surface area contributed by atoms with Gasteiger partial charge in [0, 0.05) is 11.5 Å². The molecule has 0 unspecified atom stereocenters. The Morgan fingerprint density at radius 1 is 1.56 bits per heavy atom. The van der Waals surface area contributed by atoms with Gasteiger partial charge in [0.1, 0.15) is 5.70 Å². The van der Waals surface area contributed by atoms with Gasteiger partial charge in [-0.3, -0.25) is 9.69 Å². The van der Waals surface area contributed by atoms with Crippen LogP contribution < -0.4 is 0 Å². The molecule has 0 aromatic heterocycles. The lowest BCUT2D eigenvalue weighted by Crippen LogP contribution is -2.55. The quantitative estimate of drug-likeness (QED) is 0.515. The number of aliphatic hydroxyl groups excluding tert-OH is 1. The van der Waals surface area contributed by atoms with E-state index in [0.29, 0.717) is 11.1 Å². The van der Waals surface area contributed by atoms with Gasteiger partial charge in [-0.05, 0) is 18.6 Å². The van der Waals surface area contributed by atoms with E-state index in [2.05, 4.69) is 0 Å². The monoisotopic (exact) mass is 223 g/mol. The van der Waals surface area contributed by atoms with Crippen molar-refractivity contribution in [2.24, 2.45) is 5.92 Å². The number of fused-ring (bicyclic) bond motifs is 1. The van der Waals surface area contributed by atoms with Gasteiger partial charge in [-0.15, -0.1) is 0 Å². The van der Waals surface area contributed by atoms with Gasteiger partial charge in [-0.1, -0.05) is 6.92 Å². The molecule has 2 aliphatic rings. The molecule has 0 bridgehead atoms. The third kappa shape index (κ3) is 1.21. The first-order valence-electron chi connectivity index (χ1n) is 5.08. The van der Waals surface area contributed by atoms with E-state index in [-0.39, 0.29) is 30.2 Å². The molecule has 0 spiro atoms. The Hall–Kier alpha value is -1.62. The molecule has 0 aromatic carbocycles. The molecule has 2 aliphatic heterocycles. The second kappa shape index (κ2) is 3.45. The van der Waals surface area contributed by atoms with Gasteiger partial charge >= 0.3 is 5.97 Å². The van der Waals surface area contributed by atoms with E-state index in [9.17, 15) is 9.59 Å². The molecule has 16 heavy (non-hydrogen) atoms. The number of carbonyl (C=O) groups excluding carboxylic acids is 1. The molecule has 1 fully saturated rings. The van der Waals surface area contributed by atoms with Crippen LogP contribution in [0, 0.1) is 5.92 Å². The Morgan fingerprint density at radius 2 is 2.19 bits per heavy atom. The molecule has 2 atom stereocenters. The summed E-state index contributed by atoms with van der Waals surface area (Å²) in [5.41, 5.74) is 1.23. The van der Waals surface area contributed by atoms with E-state index in [1.54, 1.807) is 13.0 Å². The zero-order valence-corrected chi connectivity index (χ0v) is 9.10. The van der Waals surface area contributed by atoms with Gasteiger partial charge in [0.05, 0.1) is 12.6 Å². The first-order chi connectivity index (χ1) is 7.49. The summed E-state index contributed by atoms with van der Waals surface area (Å²) in [5, 5.41) is 17.9. The molecule has 1 saturated heterocycles. The highest BCUT2D eigenvalue weighted by molar-refractivity contribution is 6.09. The molecule has 5 heteroatoms. The summed E-state index contributed by atoms with van der Waals surface area (Å²) in [4.78, 5) is 24.0. The third-order valence-corrected chi connectivity index (χ3v) is 3.12. The van der Waals surface area contributed by atoms with Crippen LogP contribution in [0.2, 0.25) is 0 Å². The summed E-state index contributed by atoms with van der Waals surface area (Å²) in [7, 11) is 0. The minimum absolute atomic E-state index is 0.0136. The van der Waals surface area contributed by atoms with Crippen molar-refractivity contribution in [3.63, 3.8) is 0 Å². The first-order valence-corrected chi connectivity index (χ1v) is 5.08. The summed E-state index contributed by atoms with van der Waals surface area (Å²) >= 11 is 0. The topological polar surface area (TPSA) is 77.8 Å². The number of hydrogen-bond acceptors (Lipinski definition) is 3. The van der Waals surface area contributed by atoms with E-state index >= 15 is 0 Å². The highest BCUT2D eigenvalue weighted by atomic mass is 16.4. The minimum atomic E-state index is -1.08. The van der Waals surface area contributed by atoms with Crippen LogP contribution in [-0.4, -0.2) is 39.6 Å². The molecule has 0 saturated carbocycles. The van der Waals surface area contributed by atoms with Gasteiger partial charge in [0.2, 0.25) is 0 Å². The maximum absolute atomic E-state index is 11.8. The zero-order chi connectivity index (χ0) is 12.0. The van der Waals surface area contributed by atoms with Crippen molar-refractivity contribution in [1.82, 2.24) is 4.90 Å². The van der Waals surface area contributed by atoms with Crippen LogP contribution in [0.25, 0.3) is 0 Å². The smallest absolute Gasteiger partial charge is 0.352 e. The fraction of sp³-hybridized carbons (Fsp3) is 0.455. The Balaban J connectivity index is 2.36. The van der Waals surface area contributed by atoms with Crippen molar-refractivity contribution < 1.29 is 19.8 Å². The van der Waals surface area contributed by atoms with Crippen molar-refractivity contribution in [3.8, 4) is 0 Å². The predicted molar refractivity (Wildman–Crippen MR) is 55.3 cm³/mol. The minimum Gasteiger partial charge on any atom is -0.477 e. The van der Waals surface area contributed by atoms with Crippen LogP contribution in [0.1, 0.15) is 13.8 Å². The number of β-lactam (4-membered cyclic amide) rings is 1. The summed E-state index contributed by atoms with van der Waals surface area (Å²) < 4.78 is 0. The number of aliphatic hydroxyl groups is 1. The maximum atomic E-state index is 11.8. The van der Waals surface area contributed by atoms with Crippen molar-refractivity contribution in [1.29, 1.82) is 0 Å². The van der Waals surface area contributed by atoms with Crippen LogP contribution >= 0.6 is 0 Å². The Bertz CT molecular complexity index is 435. The van der Waals surface area contributed by atoms with Gasteiger partial charge in [0.25, 0.3) is 5.91 Å².